The molecular weight excluding hydrogens is 206 g/mol. The van der Waals surface area contributed by atoms with E-state index < -0.39 is 6.04 Å². The highest BCUT2D eigenvalue weighted by Gasteiger charge is 2.26. The van der Waals surface area contributed by atoms with Gasteiger partial charge in [-0.15, -0.1) is 0 Å². The number of rotatable bonds is 3. The summed E-state index contributed by atoms with van der Waals surface area (Å²) in [6, 6.07) is 8.90. The lowest BCUT2D eigenvalue weighted by Crippen LogP contribution is -2.43. The third-order valence-electron chi connectivity index (χ3n) is 2.42. The summed E-state index contributed by atoms with van der Waals surface area (Å²) < 4.78 is 0. The lowest BCUT2D eigenvalue weighted by Gasteiger charge is -2.12. The van der Waals surface area contributed by atoms with Crippen LogP contribution in [0, 0.1) is 0 Å². The maximum absolute atomic E-state index is 11.6. The van der Waals surface area contributed by atoms with E-state index in [9.17, 15) is 9.59 Å². The molecule has 5 nitrogen and oxygen atoms in total. The van der Waals surface area contributed by atoms with Crippen molar-refractivity contribution in [3.63, 3.8) is 0 Å². The van der Waals surface area contributed by atoms with Crippen molar-refractivity contribution in [3.8, 4) is 0 Å². The molecule has 0 bridgehead atoms. The zero-order valence-electron chi connectivity index (χ0n) is 8.69. The minimum absolute atomic E-state index is 0.0696. The Morgan fingerprint density at radius 1 is 1.31 bits per heavy atom. The molecule has 3 N–H and O–H groups in total. The molecule has 5 heteroatoms. The van der Waals surface area contributed by atoms with Crippen molar-refractivity contribution in [1.29, 1.82) is 0 Å². The number of carbonyl (C=O) groups excluding carboxylic acids is 2. The first-order valence-electron chi connectivity index (χ1n) is 5.16. The summed E-state index contributed by atoms with van der Waals surface area (Å²) in [6.45, 7) is 0. The van der Waals surface area contributed by atoms with Gasteiger partial charge in [-0.05, 0) is 18.6 Å². The molecule has 0 aliphatic carbocycles. The predicted molar refractivity (Wildman–Crippen MR) is 59.4 cm³/mol. The number of anilines is 1. The van der Waals surface area contributed by atoms with Crippen molar-refractivity contribution in [3.05, 3.63) is 30.3 Å². The molecular formula is C11H13N3O2. The molecule has 16 heavy (non-hydrogen) atoms. The molecule has 1 fully saturated rings. The second-order valence-corrected chi connectivity index (χ2v) is 3.64. The van der Waals surface area contributed by atoms with Crippen molar-refractivity contribution in [1.82, 2.24) is 10.7 Å². The Balaban J connectivity index is 1.82. The monoisotopic (exact) mass is 219 g/mol. The fourth-order valence-electron chi connectivity index (χ4n) is 1.55. The Kier molecular flexibility index (Phi) is 3.05. The van der Waals surface area contributed by atoms with E-state index in [0.717, 1.165) is 5.69 Å². The van der Waals surface area contributed by atoms with Crippen LogP contribution >= 0.6 is 0 Å². The van der Waals surface area contributed by atoms with Crippen molar-refractivity contribution >= 4 is 17.5 Å². The summed E-state index contributed by atoms with van der Waals surface area (Å²) in [7, 11) is 0. The lowest BCUT2D eigenvalue weighted by molar-refractivity contribution is -0.125. The van der Waals surface area contributed by atoms with Gasteiger partial charge in [0.2, 0.25) is 5.91 Å². The summed E-state index contributed by atoms with van der Waals surface area (Å²) in [6.07, 6.45) is 0.977. The molecule has 2 rings (SSSR count). The van der Waals surface area contributed by atoms with E-state index >= 15 is 0 Å². The van der Waals surface area contributed by atoms with E-state index in [1.165, 1.54) is 0 Å². The Morgan fingerprint density at radius 2 is 2.06 bits per heavy atom. The average molecular weight is 219 g/mol. The summed E-state index contributed by atoms with van der Waals surface area (Å²) in [4.78, 5) is 22.5. The number of nitrogens with one attached hydrogen (secondary N) is 3. The van der Waals surface area contributed by atoms with Crippen molar-refractivity contribution < 1.29 is 9.59 Å². The number of hydrogen-bond donors (Lipinski definition) is 3. The van der Waals surface area contributed by atoms with Crippen LogP contribution in [0.4, 0.5) is 5.69 Å². The van der Waals surface area contributed by atoms with Gasteiger partial charge in [-0.2, -0.15) is 0 Å². The minimum Gasteiger partial charge on any atom is -0.344 e. The maximum Gasteiger partial charge on any atom is 0.260 e. The molecule has 2 amide bonds. The number of para-hydroxylation sites is 1. The van der Waals surface area contributed by atoms with Crippen LogP contribution in [-0.2, 0) is 9.59 Å². The van der Waals surface area contributed by atoms with Gasteiger partial charge in [-0.1, -0.05) is 18.2 Å². The van der Waals surface area contributed by atoms with Gasteiger partial charge in [0.15, 0.2) is 0 Å². The van der Waals surface area contributed by atoms with Crippen molar-refractivity contribution in [2.75, 3.05) is 5.43 Å². The van der Waals surface area contributed by atoms with E-state index in [1.54, 1.807) is 0 Å². The maximum atomic E-state index is 11.6. The van der Waals surface area contributed by atoms with Crippen LogP contribution < -0.4 is 16.2 Å². The number of carbonyl (C=O) groups is 2. The smallest absolute Gasteiger partial charge is 0.260 e. The first-order valence-corrected chi connectivity index (χ1v) is 5.16. The summed E-state index contributed by atoms with van der Waals surface area (Å²) in [5, 5.41) is 2.60. The topological polar surface area (TPSA) is 70.2 Å². The molecule has 1 atom stereocenters. The molecule has 84 valence electrons. The van der Waals surface area contributed by atoms with Crippen LogP contribution in [0.2, 0.25) is 0 Å². The number of hydrazine groups is 1. The third-order valence-corrected chi connectivity index (χ3v) is 2.42. The first kappa shape index (κ1) is 10.5. The van der Waals surface area contributed by atoms with Gasteiger partial charge >= 0.3 is 0 Å². The fraction of sp³-hybridized carbons (Fsp3) is 0.273. The van der Waals surface area contributed by atoms with E-state index in [4.69, 9.17) is 0 Å². The molecule has 1 aliphatic rings. The van der Waals surface area contributed by atoms with E-state index in [-0.39, 0.29) is 11.8 Å². The molecule has 1 aliphatic heterocycles. The van der Waals surface area contributed by atoms with Crippen LogP contribution in [0.25, 0.3) is 0 Å². The molecule has 0 spiro atoms. The molecule has 0 unspecified atom stereocenters. The minimum atomic E-state index is -0.413. The lowest BCUT2D eigenvalue weighted by atomic mass is 10.2. The van der Waals surface area contributed by atoms with Gasteiger partial charge in [-0.3, -0.25) is 20.4 Å². The van der Waals surface area contributed by atoms with Gasteiger partial charge in [0.25, 0.3) is 5.91 Å². The molecule has 0 radical (unpaired) electrons. The highest BCUT2D eigenvalue weighted by atomic mass is 16.2. The van der Waals surface area contributed by atoms with Crippen LogP contribution in [0.1, 0.15) is 12.8 Å². The van der Waals surface area contributed by atoms with Gasteiger partial charge in [0, 0.05) is 6.42 Å². The number of hydrogen-bond acceptors (Lipinski definition) is 3. The quantitative estimate of drug-likeness (QED) is 0.645. The zero-order valence-corrected chi connectivity index (χ0v) is 8.69. The molecule has 0 saturated carbocycles. The molecule has 0 aromatic heterocycles. The Hall–Kier alpha value is -2.04. The van der Waals surface area contributed by atoms with Crippen LogP contribution in [0.3, 0.4) is 0 Å². The van der Waals surface area contributed by atoms with E-state index in [0.29, 0.717) is 12.8 Å². The Labute approximate surface area is 93.2 Å². The molecule has 1 aromatic rings. The number of benzene rings is 1. The SMILES string of the molecule is O=C1CC[C@@H](C(=O)NNc2ccccc2)N1. The Bertz CT molecular complexity index is 391. The van der Waals surface area contributed by atoms with Gasteiger partial charge in [0.05, 0.1) is 5.69 Å². The highest BCUT2D eigenvalue weighted by Crippen LogP contribution is 2.07. The Morgan fingerprint density at radius 3 is 2.69 bits per heavy atom. The zero-order chi connectivity index (χ0) is 11.4. The third kappa shape index (κ3) is 2.50. The highest BCUT2D eigenvalue weighted by molar-refractivity contribution is 5.91. The van der Waals surface area contributed by atoms with Gasteiger partial charge in [-0.25, -0.2) is 0 Å². The van der Waals surface area contributed by atoms with E-state index in [2.05, 4.69) is 16.2 Å². The predicted octanol–water partition coefficient (Wildman–Crippen LogP) is 0.408. The standard InChI is InChI=1S/C11H13N3O2/c15-10-7-6-9(12-10)11(16)14-13-8-4-2-1-3-5-8/h1-5,9,13H,6-7H2,(H,12,15)(H,14,16)/t9-/m0/s1. The van der Waals surface area contributed by atoms with Crippen LogP contribution in [0.5, 0.6) is 0 Å². The molecule has 1 saturated heterocycles. The van der Waals surface area contributed by atoms with Crippen LogP contribution in [0.15, 0.2) is 30.3 Å². The molecule has 1 aromatic carbocycles. The van der Waals surface area contributed by atoms with E-state index in [1.807, 2.05) is 30.3 Å². The van der Waals surface area contributed by atoms with Gasteiger partial charge < -0.3 is 5.32 Å². The van der Waals surface area contributed by atoms with Crippen molar-refractivity contribution in [2.24, 2.45) is 0 Å². The van der Waals surface area contributed by atoms with Crippen molar-refractivity contribution in [2.45, 2.75) is 18.9 Å². The second kappa shape index (κ2) is 4.65. The fourth-order valence-corrected chi connectivity index (χ4v) is 1.55. The second-order valence-electron chi connectivity index (χ2n) is 3.64. The summed E-state index contributed by atoms with van der Waals surface area (Å²) in [5.74, 6) is -0.283. The summed E-state index contributed by atoms with van der Waals surface area (Å²) in [5.41, 5.74) is 6.15. The first-order chi connectivity index (χ1) is 7.75. The van der Waals surface area contributed by atoms with Gasteiger partial charge in [0.1, 0.15) is 6.04 Å². The molecule has 1 heterocycles. The normalized spacial score (nSPS) is 19.0. The van der Waals surface area contributed by atoms with Crippen LogP contribution in [-0.4, -0.2) is 17.9 Å². The summed E-state index contributed by atoms with van der Waals surface area (Å²) >= 11 is 0. The average Bonchev–Trinajstić information content (AvgIpc) is 2.74. The number of amides is 2. The largest absolute Gasteiger partial charge is 0.344 e.